The number of hydrogen-bond donors (Lipinski definition) is 1. The number of carbonyl (C=O) groups is 1. The van der Waals surface area contributed by atoms with E-state index in [0.29, 0.717) is 17.0 Å². The lowest BCUT2D eigenvalue weighted by Crippen LogP contribution is -2.35. The largest absolute Gasteiger partial charge is 0.451 e. The number of fused-ring (bicyclic) bond motifs is 1. The van der Waals surface area contributed by atoms with Gasteiger partial charge in [-0.3, -0.25) is 4.79 Å². The molecule has 0 bridgehead atoms. The van der Waals surface area contributed by atoms with E-state index in [4.69, 9.17) is 10.2 Å². The molecular weight excluding hydrogens is 266 g/mol. The molecular formula is C16H21N3O2. The number of carbonyl (C=O) groups excluding carboxylic acids is 1. The van der Waals surface area contributed by atoms with Crippen LogP contribution in [-0.4, -0.2) is 48.9 Å². The number of nitrogens with zero attached hydrogens (tertiary/aromatic N) is 2. The fourth-order valence-corrected chi connectivity index (χ4v) is 2.75. The van der Waals surface area contributed by atoms with Crippen LogP contribution in [0.2, 0.25) is 0 Å². The van der Waals surface area contributed by atoms with Crippen molar-refractivity contribution in [3.05, 3.63) is 30.0 Å². The molecule has 0 unspecified atom stereocenters. The number of hydrogen-bond acceptors (Lipinski definition) is 4. The third-order valence-corrected chi connectivity index (χ3v) is 4.05. The number of anilines is 1. The second kappa shape index (κ2) is 5.77. The Bertz CT molecular complexity index is 644. The Labute approximate surface area is 124 Å². The van der Waals surface area contributed by atoms with Crippen LogP contribution in [0, 0.1) is 0 Å². The molecule has 2 N–H and O–H groups in total. The van der Waals surface area contributed by atoms with E-state index < -0.39 is 0 Å². The quantitative estimate of drug-likeness (QED) is 0.876. The van der Waals surface area contributed by atoms with Crippen LogP contribution in [0.3, 0.4) is 0 Å². The molecule has 21 heavy (non-hydrogen) atoms. The third-order valence-electron chi connectivity index (χ3n) is 4.05. The average Bonchev–Trinajstić information content (AvgIpc) is 3.12. The van der Waals surface area contributed by atoms with Gasteiger partial charge in [0.05, 0.1) is 0 Å². The van der Waals surface area contributed by atoms with Crippen LogP contribution in [0.15, 0.2) is 28.7 Å². The molecule has 1 saturated heterocycles. The first-order valence-electron chi connectivity index (χ1n) is 7.40. The third kappa shape index (κ3) is 3.03. The lowest BCUT2D eigenvalue weighted by molar-refractivity contribution is 0.0753. The molecule has 5 nitrogen and oxygen atoms in total. The number of likely N-dealkylation sites (N-methyl/N-ethyl adjacent to an activating group) is 1. The molecule has 0 radical (unpaired) electrons. The molecule has 112 valence electrons. The van der Waals surface area contributed by atoms with Crippen molar-refractivity contribution in [2.75, 3.05) is 39.0 Å². The van der Waals surface area contributed by atoms with E-state index in [2.05, 4.69) is 4.90 Å². The first-order valence-corrected chi connectivity index (χ1v) is 7.40. The summed E-state index contributed by atoms with van der Waals surface area (Å²) in [5, 5.41) is 0.867. The van der Waals surface area contributed by atoms with Gasteiger partial charge in [-0.05, 0) is 50.2 Å². The van der Waals surface area contributed by atoms with Gasteiger partial charge in [0.2, 0.25) is 0 Å². The maximum Gasteiger partial charge on any atom is 0.289 e. The van der Waals surface area contributed by atoms with Crippen molar-refractivity contribution in [3.63, 3.8) is 0 Å². The Hall–Kier alpha value is -2.01. The monoisotopic (exact) mass is 287 g/mol. The number of amides is 1. The van der Waals surface area contributed by atoms with Crippen molar-refractivity contribution in [2.24, 2.45) is 0 Å². The minimum Gasteiger partial charge on any atom is -0.451 e. The van der Waals surface area contributed by atoms with Crippen LogP contribution < -0.4 is 5.73 Å². The van der Waals surface area contributed by atoms with E-state index in [0.717, 1.165) is 31.6 Å². The first-order chi connectivity index (χ1) is 10.1. The Morgan fingerprint density at radius 3 is 2.86 bits per heavy atom. The summed E-state index contributed by atoms with van der Waals surface area (Å²) in [7, 11) is 1.82. The molecule has 1 aliphatic heterocycles. The van der Waals surface area contributed by atoms with Crippen molar-refractivity contribution in [1.29, 1.82) is 0 Å². The van der Waals surface area contributed by atoms with Gasteiger partial charge in [0.15, 0.2) is 5.76 Å². The predicted molar refractivity (Wildman–Crippen MR) is 83.3 cm³/mol. The molecule has 1 aromatic carbocycles. The van der Waals surface area contributed by atoms with Gasteiger partial charge in [-0.25, -0.2) is 0 Å². The summed E-state index contributed by atoms with van der Waals surface area (Å²) < 4.78 is 5.62. The molecule has 1 aromatic heterocycles. The van der Waals surface area contributed by atoms with Gasteiger partial charge in [0, 0.05) is 31.2 Å². The topological polar surface area (TPSA) is 62.7 Å². The van der Waals surface area contributed by atoms with Gasteiger partial charge in [-0.2, -0.15) is 0 Å². The molecule has 5 heteroatoms. The SMILES string of the molecule is CN(CCN1CCCC1)C(=O)c1cc2cc(N)ccc2o1. The summed E-state index contributed by atoms with van der Waals surface area (Å²) in [6, 6.07) is 7.16. The van der Waals surface area contributed by atoms with Crippen LogP contribution in [0.4, 0.5) is 5.69 Å². The molecule has 1 amide bonds. The predicted octanol–water partition coefficient (Wildman–Crippen LogP) is 2.18. The Morgan fingerprint density at radius 2 is 2.10 bits per heavy atom. The lowest BCUT2D eigenvalue weighted by Gasteiger charge is -2.20. The second-order valence-electron chi connectivity index (χ2n) is 5.68. The average molecular weight is 287 g/mol. The molecule has 2 aromatic rings. The van der Waals surface area contributed by atoms with E-state index >= 15 is 0 Å². The minimum absolute atomic E-state index is 0.0797. The zero-order valence-corrected chi connectivity index (χ0v) is 12.3. The number of furan rings is 1. The molecule has 0 aliphatic carbocycles. The van der Waals surface area contributed by atoms with E-state index in [1.54, 1.807) is 23.1 Å². The van der Waals surface area contributed by atoms with Crippen molar-refractivity contribution < 1.29 is 9.21 Å². The molecule has 1 fully saturated rings. The maximum absolute atomic E-state index is 12.4. The van der Waals surface area contributed by atoms with Gasteiger partial charge in [-0.15, -0.1) is 0 Å². The summed E-state index contributed by atoms with van der Waals surface area (Å²) in [6.07, 6.45) is 2.53. The van der Waals surface area contributed by atoms with Crippen LogP contribution in [0.1, 0.15) is 23.4 Å². The Balaban J connectivity index is 1.67. The van der Waals surface area contributed by atoms with Crippen molar-refractivity contribution in [2.45, 2.75) is 12.8 Å². The first kappa shape index (κ1) is 13.9. The standard InChI is InChI=1S/C16H21N3O2/c1-18(8-9-19-6-2-3-7-19)16(20)15-11-12-10-13(17)4-5-14(12)21-15/h4-5,10-11H,2-3,6-9,17H2,1H3. The van der Waals surface area contributed by atoms with Crippen LogP contribution in [-0.2, 0) is 0 Å². The van der Waals surface area contributed by atoms with Gasteiger partial charge in [0.25, 0.3) is 5.91 Å². The Morgan fingerprint density at radius 1 is 1.33 bits per heavy atom. The smallest absolute Gasteiger partial charge is 0.289 e. The minimum atomic E-state index is -0.0797. The van der Waals surface area contributed by atoms with E-state index in [1.165, 1.54) is 12.8 Å². The molecule has 0 saturated carbocycles. The van der Waals surface area contributed by atoms with Crippen LogP contribution >= 0.6 is 0 Å². The zero-order chi connectivity index (χ0) is 14.8. The molecule has 0 spiro atoms. The molecule has 1 aliphatic rings. The van der Waals surface area contributed by atoms with Gasteiger partial charge in [-0.1, -0.05) is 0 Å². The van der Waals surface area contributed by atoms with Gasteiger partial charge in [0.1, 0.15) is 5.58 Å². The lowest BCUT2D eigenvalue weighted by atomic mass is 10.2. The summed E-state index contributed by atoms with van der Waals surface area (Å²) in [6.45, 7) is 3.94. The highest BCUT2D eigenvalue weighted by atomic mass is 16.3. The number of benzene rings is 1. The summed E-state index contributed by atoms with van der Waals surface area (Å²) >= 11 is 0. The normalized spacial score (nSPS) is 15.7. The maximum atomic E-state index is 12.4. The fourth-order valence-electron chi connectivity index (χ4n) is 2.75. The number of likely N-dealkylation sites (tertiary alicyclic amines) is 1. The molecule has 3 rings (SSSR count). The van der Waals surface area contributed by atoms with E-state index in [-0.39, 0.29) is 5.91 Å². The Kier molecular flexibility index (Phi) is 3.84. The van der Waals surface area contributed by atoms with Crippen molar-refractivity contribution >= 4 is 22.6 Å². The molecule has 0 atom stereocenters. The summed E-state index contributed by atoms with van der Waals surface area (Å²) in [5.41, 5.74) is 7.11. The van der Waals surface area contributed by atoms with E-state index in [1.807, 2.05) is 13.1 Å². The second-order valence-corrected chi connectivity index (χ2v) is 5.68. The number of rotatable bonds is 4. The number of nitrogens with two attached hydrogens (primary N) is 1. The summed E-state index contributed by atoms with van der Waals surface area (Å²) in [4.78, 5) is 16.5. The highest BCUT2D eigenvalue weighted by molar-refractivity contribution is 5.96. The highest BCUT2D eigenvalue weighted by Crippen LogP contribution is 2.22. The zero-order valence-electron chi connectivity index (χ0n) is 12.3. The van der Waals surface area contributed by atoms with E-state index in [9.17, 15) is 4.79 Å². The van der Waals surface area contributed by atoms with Crippen LogP contribution in [0.25, 0.3) is 11.0 Å². The van der Waals surface area contributed by atoms with Crippen LogP contribution in [0.5, 0.6) is 0 Å². The number of nitrogen functional groups attached to an aromatic ring is 1. The van der Waals surface area contributed by atoms with Gasteiger partial charge >= 0.3 is 0 Å². The highest BCUT2D eigenvalue weighted by Gasteiger charge is 2.18. The van der Waals surface area contributed by atoms with Gasteiger partial charge < -0.3 is 20.0 Å². The fraction of sp³-hybridized carbons (Fsp3) is 0.438. The van der Waals surface area contributed by atoms with Crippen molar-refractivity contribution in [3.8, 4) is 0 Å². The van der Waals surface area contributed by atoms with Crippen molar-refractivity contribution in [1.82, 2.24) is 9.80 Å². The summed E-state index contributed by atoms with van der Waals surface area (Å²) in [5.74, 6) is 0.295. The molecule has 2 heterocycles.